The summed E-state index contributed by atoms with van der Waals surface area (Å²) in [7, 11) is 1.62. The minimum absolute atomic E-state index is 0.0885. The van der Waals surface area contributed by atoms with Crippen molar-refractivity contribution in [1.29, 1.82) is 0 Å². The summed E-state index contributed by atoms with van der Waals surface area (Å²) in [6.45, 7) is 3.97. The Morgan fingerprint density at radius 1 is 1.05 bits per heavy atom. The van der Waals surface area contributed by atoms with Crippen LogP contribution < -0.4 is 9.64 Å². The largest absolute Gasteiger partial charge is 0.497 e. The molecule has 1 aromatic heterocycles. The average molecular weight is 603 g/mol. The van der Waals surface area contributed by atoms with Gasteiger partial charge in [0.25, 0.3) is 0 Å². The van der Waals surface area contributed by atoms with Crippen molar-refractivity contribution in [3.8, 4) is 22.7 Å². The number of fused-ring (bicyclic) bond motifs is 1. The van der Waals surface area contributed by atoms with Gasteiger partial charge in [-0.25, -0.2) is 4.68 Å². The number of thioether (sulfide) groups is 1. The van der Waals surface area contributed by atoms with E-state index in [0.717, 1.165) is 33.6 Å². The zero-order valence-corrected chi connectivity index (χ0v) is 25.0. The summed E-state index contributed by atoms with van der Waals surface area (Å²) in [5, 5.41) is 5.57. The Kier molecular flexibility index (Phi) is 8.24. The van der Waals surface area contributed by atoms with Crippen molar-refractivity contribution in [3.63, 3.8) is 0 Å². The van der Waals surface area contributed by atoms with Crippen LogP contribution in [0.1, 0.15) is 21.9 Å². The smallest absolute Gasteiger partial charge is 0.242 e. The number of carbonyl (C=O) groups is 2. The lowest BCUT2D eigenvalue weighted by molar-refractivity contribution is -0.134. The van der Waals surface area contributed by atoms with Crippen LogP contribution in [-0.2, 0) is 14.3 Å². The maximum absolute atomic E-state index is 14.0. The van der Waals surface area contributed by atoms with Gasteiger partial charge in [-0.1, -0.05) is 48.0 Å². The molecule has 42 heavy (non-hydrogen) atoms. The molecular formula is C32H31ClN4O4S. The molecule has 0 unspecified atom stereocenters. The molecule has 6 rings (SSSR count). The predicted octanol–water partition coefficient (Wildman–Crippen LogP) is 5.54. The van der Waals surface area contributed by atoms with Crippen molar-refractivity contribution in [1.82, 2.24) is 14.7 Å². The molecule has 1 fully saturated rings. The van der Waals surface area contributed by atoms with Gasteiger partial charge in [-0.15, -0.1) is 11.8 Å². The van der Waals surface area contributed by atoms with Crippen molar-refractivity contribution >= 4 is 41.0 Å². The highest BCUT2D eigenvalue weighted by Crippen LogP contribution is 2.49. The standard InChI is InChI=1S/C32H31ClN4O4S/c1-21-5-3-4-6-26(21)31-29-30(22-7-9-23(33)10-8-22)34-37(24-11-13-25(40-2)14-12-24)32(29)36(28(39)20-42-31)19-27(38)35-15-17-41-18-16-35/h3-14,31H,15-20H2,1-2H3/t31-/m0/s1. The number of hydrogen-bond donors (Lipinski definition) is 0. The first kappa shape index (κ1) is 28.3. The molecule has 3 heterocycles. The number of aryl methyl sites for hydroxylation is 1. The molecule has 0 radical (unpaired) electrons. The fourth-order valence-corrected chi connectivity index (χ4v) is 6.84. The predicted molar refractivity (Wildman–Crippen MR) is 166 cm³/mol. The van der Waals surface area contributed by atoms with Gasteiger partial charge in [-0.3, -0.25) is 14.5 Å². The van der Waals surface area contributed by atoms with Gasteiger partial charge in [-0.2, -0.15) is 5.10 Å². The molecule has 216 valence electrons. The maximum Gasteiger partial charge on any atom is 0.242 e. The minimum Gasteiger partial charge on any atom is -0.497 e. The number of carbonyl (C=O) groups excluding carboxylic acids is 2. The second kappa shape index (κ2) is 12.2. The van der Waals surface area contributed by atoms with Crippen LogP contribution in [0.5, 0.6) is 5.75 Å². The van der Waals surface area contributed by atoms with Crippen molar-refractivity contribution in [3.05, 3.63) is 94.5 Å². The zero-order valence-electron chi connectivity index (χ0n) is 23.5. The number of rotatable bonds is 6. The molecule has 10 heteroatoms. The number of methoxy groups -OCH3 is 1. The van der Waals surface area contributed by atoms with E-state index in [4.69, 9.17) is 26.2 Å². The number of morpholine rings is 1. The Labute approximate surface area is 254 Å². The van der Waals surface area contributed by atoms with E-state index in [-0.39, 0.29) is 29.4 Å². The second-order valence-electron chi connectivity index (χ2n) is 10.2. The van der Waals surface area contributed by atoms with E-state index >= 15 is 0 Å². The highest BCUT2D eigenvalue weighted by molar-refractivity contribution is 8.00. The van der Waals surface area contributed by atoms with Crippen molar-refractivity contribution < 1.29 is 19.1 Å². The molecule has 1 saturated heterocycles. The van der Waals surface area contributed by atoms with Crippen LogP contribution in [0.4, 0.5) is 5.82 Å². The first-order valence-electron chi connectivity index (χ1n) is 13.8. The summed E-state index contributed by atoms with van der Waals surface area (Å²) in [6, 6.07) is 23.3. The zero-order chi connectivity index (χ0) is 29.2. The SMILES string of the molecule is COc1ccc(-n2nc(-c3ccc(Cl)cc3)c3c2N(CC(=O)N2CCOCC2)C(=O)CS[C@H]3c2ccccc2C)cc1. The lowest BCUT2D eigenvalue weighted by Crippen LogP contribution is -2.48. The van der Waals surface area contributed by atoms with E-state index in [2.05, 4.69) is 19.1 Å². The van der Waals surface area contributed by atoms with Gasteiger partial charge in [0.2, 0.25) is 11.8 Å². The fraction of sp³-hybridized carbons (Fsp3) is 0.281. The van der Waals surface area contributed by atoms with E-state index in [1.54, 1.807) is 33.4 Å². The first-order valence-corrected chi connectivity index (χ1v) is 15.2. The Balaban J connectivity index is 1.59. The molecule has 0 bridgehead atoms. The van der Waals surface area contributed by atoms with E-state index < -0.39 is 0 Å². The number of nitrogens with zero attached hydrogens (tertiary/aromatic N) is 4. The summed E-state index contributed by atoms with van der Waals surface area (Å²) < 4.78 is 12.6. The van der Waals surface area contributed by atoms with Gasteiger partial charge in [-0.05, 0) is 54.4 Å². The molecule has 0 aliphatic carbocycles. The minimum atomic E-state index is -0.202. The lowest BCUT2D eigenvalue weighted by Gasteiger charge is -2.30. The van der Waals surface area contributed by atoms with Crippen LogP contribution in [0, 0.1) is 6.92 Å². The Morgan fingerprint density at radius 2 is 1.76 bits per heavy atom. The lowest BCUT2D eigenvalue weighted by atomic mass is 9.96. The van der Waals surface area contributed by atoms with Crippen molar-refractivity contribution in [2.45, 2.75) is 12.2 Å². The van der Waals surface area contributed by atoms with Gasteiger partial charge >= 0.3 is 0 Å². The van der Waals surface area contributed by atoms with Gasteiger partial charge < -0.3 is 14.4 Å². The molecule has 4 aromatic rings. The third kappa shape index (κ3) is 5.52. The normalized spacial score (nSPS) is 17.1. The topological polar surface area (TPSA) is 76.9 Å². The maximum atomic E-state index is 14.0. The van der Waals surface area contributed by atoms with E-state index in [0.29, 0.717) is 42.9 Å². The summed E-state index contributed by atoms with van der Waals surface area (Å²) in [4.78, 5) is 30.9. The number of benzene rings is 3. The number of amides is 2. The third-order valence-electron chi connectivity index (χ3n) is 7.65. The molecule has 8 nitrogen and oxygen atoms in total. The molecule has 0 saturated carbocycles. The number of anilines is 1. The number of hydrogen-bond acceptors (Lipinski definition) is 6. The Hall–Kier alpha value is -3.79. The number of aromatic nitrogens is 2. The van der Waals surface area contributed by atoms with Gasteiger partial charge in [0.1, 0.15) is 18.1 Å². The van der Waals surface area contributed by atoms with Crippen LogP contribution in [0.2, 0.25) is 5.02 Å². The summed E-state index contributed by atoms with van der Waals surface area (Å²) in [6.07, 6.45) is 0. The van der Waals surface area contributed by atoms with Crippen LogP contribution in [0.15, 0.2) is 72.8 Å². The summed E-state index contributed by atoms with van der Waals surface area (Å²) in [5.41, 5.74) is 5.45. The third-order valence-corrected chi connectivity index (χ3v) is 9.14. The van der Waals surface area contributed by atoms with Crippen LogP contribution >= 0.6 is 23.4 Å². The molecular weight excluding hydrogens is 572 g/mol. The Morgan fingerprint density at radius 3 is 2.45 bits per heavy atom. The van der Waals surface area contributed by atoms with Crippen molar-refractivity contribution in [2.24, 2.45) is 0 Å². The fourth-order valence-electron chi connectivity index (χ4n) is 5.42. The highest BCUT2D eigenvalue weighted by atomic mass is 35.5. The van der Waals surface area contributed by atoms with E-state index in [1.807, 2.05) is 60.7 Å². The summed E-state index contributed by atoms with van der Waals surface area (Å²) in [5.74, 6) is 1.25. The van der Waals surface area contributed by atoms with Crippen LogP contribution in [-0.4, -0.2) is 72.2 Å². The second-order valence-corrected chi connectivity index (χ2v) is 11.8. The average Bonchev–Trinajstić information content (AvgIpc) is 3.35. The van der Waals surface area contributed by atoms with Gasteiger partial charge in [0.15, 0.2) is 0 Å². The summed E-state index contributed by atoms with van der Waals surface area (Å²) >= 11 is 7.83. The van der Waals surface area contributed by atoms with Gasteiger partial charge in [0, 0.05) is 29.2 Å². The highest BCUT2D eigenvalue weighted by Gasteiger charge is 2.38. The molecule has 2 aliphatic rings. The van der Waals surface area contributed by atoms with Gasteiger partial charge in [0.05, 0.1) is 42.7 Å². The van der Waals surface area contributed by atoms with E-state index in [9.17, 15) is 9.59 Å². The molecule has 0 spiro atoms. The molecule has 0 N–H and O–H groups in total. The quantitative estimate of drug-likeness (QED) is 0.289. The number of halogens is 1. The van der Waals surface area contributed by atoms with Crippen molar-refractivity contribution in [2.75, 3.05) is 50.6 Å². The molecule has 1 atom stereocenters. The van der Waals surface area contributed by atoms with Crippen LogP contribution in [0.3, 0.4) is 0 Å². The monoisotopic (exact) mass is 602 g/mol. The molecule has 2 amide bonds. The van der Waals surface area contributed by atoms with Crippen LogP contribution in [0.25, 0.3) is 16.9 Å². The molecule has 3 aromatic carbocycles. The Bertz CT molecular complexity index is 1600. The number of ether oxygens (including phenoxy) is 2. The van der Waals surface area contributed by atoms with E-state index in [1.165, 1.54) is 0 Å². The molecule has 2 aliphatic heterocycles. The first-order chi connectivity index (χ1) is 20.4.